The fourth-order valence-electron chi connectivity index (χ4n) is 8.43. The van der Waals surface area contributed by atoms with Gasteiger partial charge in [0.05, 0.1) is 13.2 Å². The van der Waals surface area contributed by atoms with Crippen LogP contribution < -0.4 is 10.2 Å². The highest BCUT2D eigenvalue weighted by atomic mass is 16.5. The van der Waals surface area contributed by atoms with Gasteiger partial charge in [0.2, 0.25) is 11.8 Å². The van der Waals surface area contributed by atoms with Crippen LogP contribution in [0.15, 0.2) is 73.1 Å². The van der Waals surface area contributed by atoms with Gasteiger partial charge in [-0.15, -0.1) is 0 Å². The van der Waals surface area contributed by atoms with E-state index in [9.17, 15) is 9.59 Å². The summed E-state index contributed by atoms with van der Waals surface area (Å²) in [4.78, 5) is 41.4. The lowest BCUT2D eigenvalue weighted by molar-refractivity contribution is -0.149. The minimum Gasteiger partial charge on any atom is -0.378 e. The minimum atomic E-state index is -0.931. The number of para-hydroxylation sites is 1. The van der Waals surface area contributed by atoms with E-state index < -0.39 is 5.54 Å². The molecule has 3 fully saturated rings. The van der Waals surface area contributed by atoms with Gasteiger partial charge in [0, 0.05) is 66.4 Å². The molecule has 0 radical (unpaired) electrons. The molecule has 0 spiro atoms. The number of pyridine rings is 1. The Morgan fingerprint density at radius 3 is 2.47 bits per heavy atom. The first-order valence-electron chi connectivity index (χ1n) is 17.3. The third-order valence-electron chi connectivity index (χ3n) is 11.2. The predicted molar refractivity (Wildman–Crippen MR) is 186 cm³/mol. The number of hydrogen-bond donors (Lipinski definition) is 2. The van der Waals surface area contributed by atoms with Crippen molar-refractivity contribution < 1.29 is 14.3 Å². The minimum absolute atomic E-state index is 0.0322. The second-order valence-electron chi connectivity index (χ2n) is 14.4. The Bertz CT molecular complexity index is 1720. The molecule has 0 unspecified atom stereocenters. The van der Waals surface area contributed by atoms with Crippen LogP contribution >= 0.6 is 0 Å². The highest BCUT2D eigenvalue weighted by molar-refractivity contribution is 6.01. The number of aromatic amines is 1. The number of carbonyl (C=O) groups is 2. The maximum atomic E-state index is 14.7. The Labute approximate surface area is 277 Å². The number of benzene rings is 2. The molecule has 47 heavy (non-hydrogen) atoms. The second kappa shape index (κ2) is 12.8. The molecule has 2 atom stereocenters. The van der Waals surface area contributed by atoms with Crippen LogP contribution in [0.3, 0.4) is 0 Å². The smallest absolute Gasteiger partial charge is 0.250 e. The van der Waals surface area contributed by atoms with E-state index in [-0.39, 0.29) is 29.1 Å². The van der Waals surface area contributed by atoms with Gasteiger partial charge in [0.25, 0.3) is 0 Å². The molecular formula is C39H47N5O3. The van der Waals surface area contributed by atoms with Crippen LogP contribution in [-0.4, -0.2) is 58.5 Å². The van der Waals surface area contributed by atoms with Crippen LogP contribution in [0.1, 0.15) is 75.1 Å². The molecule has 8 nitrogen and oxygen atoms in total. The fourth-order valence-corrected chi connectivity index (χ4v) is 8.43. The van der Waals surface area contributed by atoms with Gasteiger partial charge in [0.15, 0.2) is 0 Å². The summed E-state index contributed by atoms with van der Waals surface area (Å²) in [5.74, 6) is 0.406. The molecular weight excluding hydrogens is 586 g/mol. The SMILES string of the molecule is Cc1[nH]c2ccccc2c1[C@H]1[C@@H](CC(=O)N(Cc2cccnc2)C2(C(=O)Nc3ccc(N4CCOCC4)cc3)CCCCC2)C1(C)C. The van der Waals surface area contributed by atoms with E-state index in [0.29, 0.717) is 25.8 Å². The van der Waals surface area contributed by atoms with E-state index in [1.807, 2.05) is 35.4 Å². The van der Waals surface area contributed by atoms with Gasteiger partial charge in [-0.25, -0.2) is 0 Å². The average molecular weight is 634 g/mol. The van der Waals surface area contributed by atoms with Crippen molar-refractivity contribution in [3.05, 3.63) is 89.9 Å². The zero-order valence-electron chi connectivity index (χ0n) is 27.9. The zero-order valence-corrected chi connectivity index (χ0v) is 27.9. The van der Waals surface area contributed by atoms with Gasteiger partial charge < -0.3 is 24.8 Å². The normalized spacial score (nSPS) is 21.7. The van der Waals surface area contributed by atoms with E-state index in [0.717, 1.165) is 68.0 Å². The quantitative estimate of drug-likeness (QED) is 0.203. The van der Waals surface area contributed by atoms with E-state index in [2.05, 4.69) is 77.4 Å². The number of anilines is 2. The molecule has 2 aliphatic carbocycles. The van der Waals surface area contributed by atoms with Crippen molar-refractivity contribution in [2.24, 2.45) is 11.3 Å². The van der Waals surface area contributed by atoms with E-state index in [4.69, 9.17) is 4.74 Å². The van der Waals surface area contributed by atoms with Crippen molar-refractivity contribution in [1.82, 2.24) is 14.9 Å². The number of fused-ring (bicyclic) bond motifs is 1. The first-order valence-corrected chi connectivity index (χ1v) is 17.3. The summed E-state index contributed by atoms with van der Waals surface area (Å²) >= 11 is 0. The van der Waals surface area contributed by atoms with Crippen LogP contribution in [-0.2, 0) is 20.9 Å². The Kier molecular flexibility index (Phi) is 8.56. The molecule has 4 aromatic rings. The number of rotatable bonds is 9. The van der Waals surface area contributed by atoms with Crippen molar-refractivity contribution in [3.8, 4) is 0 Å². The molecule has 1 aliphatic heterocycles. The molecule has 2 aromatic carbocycles. The van der Waals surface area contributed by atoms with E-state index >= 15 is 0 Å². The third-order valence-corrected chi connectivity index (χ3v) is 11.2. The summed E-state index contributed by atoms with van der Waals surface area (Å²) in [6.45, 7) is 10.2. The maximum Gasteiger partial charge on any atom is 0.250 e. The fraction of sp³-hybridized carbons (Fsp3) is 0.462. The lowest BCUT2D eigenvalue weighted by Gasteiger charge is -2.45. The average Bonchev–Trinajstić information content (AvgIpc) is 3.44. The number of hydrogen-bond acceptors (Lipinski definition) is 5. The second-order valence-corrected chi connectivity index (χ2v) is 14.4. The van der Waals surface area contributed by atoms with Crippen LogP contribution in [0.2, 0.25) is 0 Å². The third kappa shape index (κ3) is 6.04. The highest BCUT2D eigenvalue weighted by Gasteiger charge is 2.60. The van der Waals surface area contributed by atoms with Crippen molar-refractivity contribution in [3.63, 3.8) is 0 Å². The van der Waals surface area contributed by atoms with E-state index in [1.165, 1.54) is 16.6 Å². The van der Waals surface area contributed by atoms with Crippen molar-refractivity contribution in [2.75, 3.05) is 36.5 Å². The van der Waals surface area contributed by atoms with Gasteiger partial charge in [-0.3, -0.25) is 14.6 Å². The van der Waals surface area contributed by atoms with Gasteiger partial charge in [-0.2, -0.15) is 0 Å². The number of carbonyl (C=O) groups excluding carboxylic acids is 2. The number of H-pyrrole nitrogens is 1. The number of nitrogens with one attached hydrogen (secondary N) is 2. The largest absolute Gasteiger partial charge is 0.378 e. The molecule has 2 amide bonds. The molecule has 3 aliphatic rings. The lowest BCUT2D eigenvalue weighted by Crippen LogP contribution is -2.59. The topological polar surface area (TPSA) is 90.6 Å². The molecule has 0 bridgehead atoms. The molecule has 2 aromatic heterocycles. The van der Waals surface area contributed by atoms with Crippen LogP contribution in [0, 0.1) is 18.3 Å². The molecule has 246 valence electrons. The van der Waals surface area contributed by atoms with Crippen LogP contribution in [0.4, 0.5) is 11.4 Å². The Balaban J connectivity index is 1.17. The monoisotopic (exact) mass is 633 g/mol. The molecule has 3 heterocycles. The predicted octanol–water partition coefficient (Wildman–Crippen LogP) is 7.21. The number of morpholine rings is 1. The first kappa shape index (κ1) is 31.4. The Morgan fingerprint density at radius 1 is 1.00 bits per heavy atom. The van der Waals surface area contributed by atoms with Crippen LogP contribution in [0.5, 0.6) is 0 Å². The first-order chi connectivity index (χ1) is 22.8. The van der Waals surface area contributed by atoms with E-state index in [1.54, 1.807) is 6.20 Å². The highest BCUT2D eigenvalue weighted by Crippen LogP contribution is 2.67. The number of nitrogens with zero attached hydrogens (tertiary/aromatic N) is 3. The zero-order chi connectivity index (χ0) is 32.6. The summed E-state index contributed by atoms with van der Waals surface area (Å²) < 4.78 is 5.51. The summed E-state index contributed by atoms with van der Waals surface area (Å²) in [5.41, 5.74) is 5.49. The summed E-state index contributed by atoms with van der Waals surface area (Å²) in [6.07, 6.45) is 8.15. The number of aryl methyl sites for hydroxylation is 1. The number of aromatic nitrogens is 2. The van der Waals surface area contributed by atoms with Gasteiger partial charge in [-0.05, 0) is 84.5 Å². The Morgan fingerprint density at radius 2 is 1.74 bits per heavy atom. The van der Waals surface area contributed by atoms with Gasteiger partial charge in [0.1, 0.15) is 5.54 Å². The summed E-state index contributed by atoms with van der Waals surface area (Å²) in [6, 6.07) is 20.5. The number of amides is 2. The molecule has 7 rings (SSSR count). The summed E-state index contributed by atoms with van der Waals surface area (Å²) in [5, 5.41) is 4.50. The summed E-state index contributed by atoms with van der Waals surface area (Å²) in [7, 11) is 0. The van der Waals surface area contributed by atoms with Crippen molar-refractivity contribution in [1.29, 1.82) is 0 Å². The van der Waals surface area contributed by atoms with Gasteiger partial charge >= 0.3 is 0 Å². The van der Waals surface area contributed by atoms with Crippen LogP contribution in [0.25, 0.3) is 10.9 Å². The maximum absolute atomic E-state index is 14.7. The number of ether oxygens (including phenoxy) is 1. The molecule has 1 saturated heterocycles. The van der Waals surface area contributed by atoms with Crippen molar-refractivity contribution >= 4 is 34.1 Å². The molecule has 8 heteroatoms. The Hall–Kier alpha value is -4.17. The lowest BCUT2D eigenvalue weighted by atomic mass is 9.78. The molecule has 2 N–H and O–H groups in total. The standard InChI is InChI=1S/C39H47N5O3/c1-27-35(31-11-5-6-12-33(31)41-27)36-32(38(36,2)3)24-34(45)44(26-28-10-9-19-40-25-28)39(17-7-4-8-18-39)37(46)42-29-13-15-30(16-14-29)43-20-22-47-23-21-43/h5-6,9-16,19,25,32,36,41H,4,7-8,17-18,20-24,26H2,1-3H3,(H,42,46)/t32-,36-/m1/s1. The van der Waals surface area contributed by atoms with Crippen molar-refractivity contribution in [2.45, 2.75) is 77.3 Å². The van der Waals surface area contributed by atoms with Gasteiger partial charge in [-0.1, -0.05) is 57.4 Å². The molecule has 2 saturated carbocycles.